The number of aromatic nitrogens is 7. The number of nitriles is 1. The van der Waals surface area contributed by atoms with Crippen LogP contribution in [-0.2, 0) is 0 Å². The number of carbonyl (C=O) groups is 1. The molecular weight excluding hydrogens is 430 g/mol. The summed E-state index contributed by atoms with van der Waals surface area (Å²) in [6.45, 7) is 5.22. The van der Waals surface area contributed by atoms with Gasteiger partial charge in [-0.25, -0.2) is 24.6 Å². The van der Waals surface area contributed by atoms with Crippen molar-refractivity contribution in [2.24, 2.45) is 0 Å². The lowest BCUT2D eigenvalue weighted by molar-refractivity contribution is 0.101. The Morgan fingerprint density at radius 3 is 2.56 bits per heavy atom. The average molecular weight is 449 g/mol. The van der Waals surface area contributed by atoms with Gasteiger partial charge in [-0.05, 0) is 62.7 Å². The second-order valence-corrected chi connectivity index (χ2v) is 7.82. The highest BCUT2D eigenvalue weighted by molar-refractivity contribution is 5.97. The molecule has 1 N–H and O–H groups in total. The summed E-state index contributed by atoms with van der Waals surface area (Å²) in [6, 6.07) is 12.9. The van der Waals surface area contributed by atoms with Gasteiger partial charge in [-0.1, -0.05) is 0 Å². The van der Waals surface area contributed by atoms with Crippen molar-refractivity contribution < 1.29 is 4.79 Å². The van der Waals surface area contributed by atoms with Crippen LogP contribution in [0.25, 0.3) is 22.7 Å². The number of hydrogen-bond donors (Lipinski definition) is 1. The summed E-state index contributed by atoms with van der Waals surface area (Å²) >= 11 is 0. The van der Waals surface area contributed by atoms with Gasteiger partial charge in [0.1, 0.15) is 18.2 Å². The predicted molar refractivity (Wildman–Crippen MR) is 125 cm³/mol. The summed E-state index contributed by atoms with van der Waals surface area (Å²) < 4.78 is 3.35. The fourth-order valence-corrected chi connectivity index (χ4v) is 3.61. The van der Waals surface area contributed by atoms with E-state index in [-0.39, 0.29) is 11.5 Å². The molecule has 0 aliphatic rings. The number of nitrogens with zero attached hydrogens (tertiary/aromatic N) is 8. The van der Waals surface area contributed by atoms with Gasteiger partial charge in [0.15, 0.2) is 17.3 Å². The summed E-state index contributed by atoms with van der Waals surface area (Å²) in [5.74, 6) is 1.29. The second-order valence-electron chi connectivity index (χ2n) is 7.82. The number of Topliss-reactive ketones (excluding diaryl/α,β-unsaturated/α-hetero) is 1. The van der Waals surface area contributed by atoms with Crippen LogP contribution in [-0.4, -0.2) is 40.1 Å². The number of fused-ring (bicyclic) bond motifs is 1. The summed E-state index contributed by atoms with van der Waals surface area (Å²) in [7, 11) is 0. The van der Waals surface area contributed by atoms with Gasteiger partial charge in [0.25, 0.3) is 0 Å². The Bertz CT molecular complexity index is 1590. The Hall–Kier alpha value is -4.91. The minimum atomic E-state index is -0.146. The van der Waals surface area contributed by atoms with Crippen LogP contribution in [0.15, 0.2) is 55.1 Å². The van der Waals surface area contributed by atoms with E-state index < -0.39 is 0 Å². The number of ketones is 1. The molecule has 5 aromatic rings. The highest BCUT2D eigenvalue weighted by Crippen LogP contribution is 2.24. The number of hydrogen-bond acceptors (Lipinski definition) is 8. The van der Waals surface area contributed by atoms with E-state index in [4.69, 9.17) is 4.98 Å². The van der Waals surface area contributed by atoms with Gasteiger partial charge in [0.2, 0.25) is 5.95 Å². The molecule has 4 heterocycles. The lowest BCUT2D eigenvalue weighted by Gasteiger charge is -2.11. The molecule has 166 valence electrons. The Morgan fingerprint density at radius 1 is 1.06 bits per heavy atom. The van der Waals surface area contributed by atoms with Gasteiger partial charge in [0, 0.05) is 23.8 Å². The van der Waals surface area contributed by atoms with Crippen LogP contribution in [0.4, 0.5) is 11.6 Å². The van der Waals surface area contributed by atoms with E-state index in [1.807, 2.05) is 42.7 Å². The quantitative estimate of drug-likeness (QED) is 0.401. The number of anilines is 2. The molecule has 10 heteroatoms. The van der Waals surface area contributed by atoms with Gasteiger partial charge in [-0.15, -0.1) is 0 Å². The van der Waals surface area contributed by atoms with Crippen molar-refractivity contribution in [1.82, 2.24) is 34.3 Å². The van der Waals surface area contributed by atoms with Crippen LogP contribution in [0.5, 0.6) is 0 Å². The molecule has 0 radical (unpaired) electrons. The van der Waals surface area contributed by atoms with Crippen LogP contribution < -0.4 is 5.32 Å². The van der Waals surface area contributed by atoms with Gasteiger partial charge < -0.3 is 5.32 Å². The monoisotopic (exact) mass is 449 g/mol. The fraction of sp³-hybridized carbons (Fsp3) is 0.125. The third-order valence-corrected chi connectivity index (χ3v) is 5.27. The number of benzene rings is 1. The van der Waals surface area contributed by atoms with Gasteiger partial charge in [-0.3, -0.25) is 9.36 Å². The molecule has 34 heavy (non-hydrogen) atoms. The van der Waals surface area contributed by atoms with Gasteiger partial charge in [0.05, 0.1) is 16.6 Å². The van der Waals surface area contributed by atoms with Gasteiger partial charge >= 0.3 is 0 Å². The lowest BCUT2D eigenvalue weighted by Crippen LogP contribution is -2.11. The van der Waals surface area contributed by atoms with Crippen molar-refractivity contribution in [2.75, 3.05) is 5.32 Å². The zero-order valence-electron chi connectivity index (χ0n) is 18.7. The van der Waals surface area contributed by atoms with E-state index in [1.54, 1.807) is 36.9 Å². The second kappa shape index (κ2) is 8.22. The predicted octanol–water partition coefficient (Wildman–Crippen LogP) is 3.83. The van der Waals surface area contributed by atoms with Crippen LogP contribution >= 0.6 is 0 Å². The van der Waals surface area contributed by atoms with Gasteiger partial charge in [-0.2, -0.15) is 10.4 Å². The Morgan fingerprint density at radius 2 is 1.85 bits per heavy atom. The maximum Gasteiger partial charge on any atom is 0.227 e. The minimum Gasteiger partial charge on any atom is -0.324 e. The molecule has 0 fully saturated rings. The number of rotatable bonds is 5. The zero-order chi connectivity index (χ0) is 23.8. The summed E-state index contributed by atoms with van der Waals surface area (Å²) in [5, 5.41) is 16.7. The number of nitrogens with one attached hydrogen (secondary N) is 1. The van der Waals surface area contributed by atoms with E-state index in [0.717, 1.165) is 22.3 Å². The first-order valence-corrected chi connectivity index (χ1v) is 10.5. The number of carbonyl (C=O) groups excluding carboxylic acids is 1. The third-order valence-electron chi connectivity index (χ3n) is 5.27. The normalized spacial score (nSPS) is 10.9. The maximum atomic E-state index is 12.3. The molecule has 0 saturated heterocycles. The smallest absolute Gasteiger partial charge is 0.227 e. The van der Waals surface area contributed by atoms with Crippen molar-refractivity contribution in [2.45, 2.75) is 20.8 Å². The molecular formula is C24H19N9O. The first-order chi connectivity index (χ1) is 16.4. The first-order valence-electron chi connectivity index (χ1n) is 10.5. The first kappa shape index (κ1) is 21.0. The van der Waals surface area contributed by atoms with Crippen molar-refractivity contribution in [1.29, 1.82) is 5.26 Å². The van der Waals surface area contributed by atoms with E-state index in [1.165, 1.54) is 11.6 Å². The molecule has 4 aromatic heterocycles. The summed E-state index contributed by atoms with van der Waals surface area (Å²) in [4.78, 5) is 30.0. The van der Waals surface area contributed by atoms with Crippen LogP contribution in [0, 0.1) is 25.2 Å². The van der Waals surface area contributed by atoms with Crippen LogP contribution in [0.3, 0.4) is 0 Å². The number of pyridine rings is 1. The number of aryl methyl sites for hydroxylation is 2. The largest absolute Gasteiger partial charge is 0.324 e. The molecule has 5 rings (SSSR count). The molecule has 0 saturated carbocycles. The SMILES string of the molecule is CC(=O)c1ccc(-n2cnc3cc(Nc4ncc(C)cn4)ccc32)nc1-n1nc(C#N)cc1C. The molecule has 0 aliphatic carbocycles. The van der Waals surface area contributed by atoms with Crippen LogP contribution in [0.1, 0.15) is 34.2 Å². The van der Waals surface area contributed by atoms with Crippen molar-refractivity contribution in [3.05, 3.63) is 77.6 Å². The topological polar surface area (TPSA) is 127 Å². The highest BCUT2D eigenvalue weighted by atomic mass is 16.1. The molecule has 1 aromatic carbocycles. The van der Waals surface area contributed by atoms with Crippen LogP contribution in [0.2, 0.25) is 0 Å². The molecule has 10 nitrogen and oxygen atoms in total. The standard InChI is InChI=1S/C24H19N9O/c1-14-11-26-24(27-12-14)29-17-4-6-21-20(9-17)28-13-32(21)22-7-5-19(16(3)34)23(30-22)33-15(2)8-18(10-25)31-33/h4-9,11-13H,1-3H3,(H,26,27,29). The number of imidazole rings is 1. The Labute approximate surface area is 194 Å². The molecule has 0 amide bonds. The van der Waals surface area contributed by atoms with E-state index >= 15 is 0 Å². The Kier molecular flexibility index (Phi) is 5.07. The summed E-state index contributed by atoms with van der Waals surface area (Å²) in [6.07, 6.45) is 5.17. The Balaban J connectivity index is 1.55. The van der Waals surface area contributed by atoms with Crippen molar-refractivity contribution >= 4 is 28.5 Å². The maximum absolute atomic E-state index is 12.3. The van der Waals surface area contributed by atoms with E-state index in [0.29, 0.717) is 28.8 Å². The molecule has 0 aliphatic heterocycles. The average Bonchev–Trinajstić information content (AvgIpc) is 3.43. The lowest BCUT2D eigenvalue weighted by atomic mass is 10.2. The molecule has 0 spiro atoms. The third kappa shape index (κ3) is 3.75. The van der Waals surface area contributed by atoms with E-state index in [9.17, 15) is 10.1 Å². The molecule has 0 unspecified atom stereocenters. The highest BCUT2D eigenvalue weighted by Gasteiger charge is 2.17. The summed E-state index contributed by atoms with van der Waals surface area (Å²) in [5.41, 5.74) is 4.74. The van der Waals surface area contributed by atoms with E-state index in [2.05, 4.69) is 25.4 Å². The minimum absolute atomic E-state index is 0.146. The van der Waals surface area contributed by atoms with Crippen molar-refractivity contribution in [3.8, 4) is 17.7 Å². The van der Waals surface area contributed by atoms with Crippen molar-refractivity contribution in [3.63, 3.8) is 0 Å². The molecule has 0 atom stereocenters. The molecule has 0 bridgehead atoms. The fourth-order valence-electron chi connectivity index (χ4n) is 3.61. The zero-order valence-corrected chi connectivity index (χ0v) is 18.7.